The van der Waals surface area contributed by atoms with Gasteiger partial charge in [0.1, 0.15) is 22.0 Å². The molecule has 0 radical (unpaired) electrons. The number of benzene rings is 5. The Kier molecular flexibility index (Phi) is 26.3. The largest absolute Gasteiger partial charge is 0.393 e. The summed E-state index contributed by atoms with van der Waals surface area (Å²) in [7, 11) is 7.34. The summed E-state index contributed by atoms with van der Waals surface area (Å²) in [5, 5.41) is 28.1. The summed E-state index contributed by atoms with van der Waals surface area (Å²) < 4.78 is 27.9. The second-order valence-corrected chi connectivity index (χ2v) is 43.4. The van der Waals surface area contributed by atoms with Crippen molar-refractivity contribution in [3.63, 3.8) is 0 Å². The van der Waals surface area contributed by atoms with Gasteiger partial charge in [-0.2, -0.15) is 5.26 Å². The van der Waals surface area contributed by atoms with E-state index in [4.69, 9.17) is 45.4 Å². The minimum atomic E-state index is -0.180. The van der Waals surface area contributed by atoms with Crippen LogP contribution in [0.1, 0.15) is 226 Å². The van der Waals surface area contributed by atoms with Gasteiger partial charge in [-0.05, 0) is 332 Å². The molecular formula is C89H114Br5N7O5S4. The van der Waals surface area contributed by atoms with Crippen LogP contribution < -0.4 is 16.8 Å². The summed E-state index contributed by atoms with van der Waals surface area (Å²) in [6.45, 7) is 13.3. The molecule has 4 unspecified atom stereocenters. The molecule has 0 amide bonds. The first-order valence-corrected chi connectivity index (χ1v) is 47.4. The van der Waals surface area contributed by atoms with Crippen LogP contribution in [0.3, 0.4) is 0 Å². The number of hydrogen-bond donors (Lipinski definition) is 4. The molecule has 594 valence electrons. The molecule has 5 aromatic carbocycles. The van der Waals surface area contributed by atoms with Crippen molar-refractivity contribution in [1.29, 1.82) is 5.26 Å². The Morgan fingerprint density at radius 2 is 0.836 bits per heavy atom. The number of thiocyanates is 1. The lowest BCUT2D eigenvalue weighted by molar-refractivity contribution is 0.00294. The maximum absolute atomic E-state index is 9.92. The number of nitrogens with two attached hydrogens (primary N) is 2. The zero-order valence-corrected chi connectivity index (χ0v) is 76.0. The minimum absolute atomic E-state index is 0. The molecule has 0 saturated heterocycles. The van der Waals surface area contributed by atoms with E-state index in [1.165, 1.54) is 131 Å². The van der Waals surface area contributed by atoms with E-state index < -0.39 is 0 Å². The number of thioether (sulfide) groups is 4. The molecule has 3 heterocycles. The van der Waals surface area contributed by atoms with Crippen molar-refractivity contribution in [3.05, 3.63) is 176 Å². The van der Waals surface area contributed by atoms with Gasteiger partial charge in [-0.1, -0.05) is 166 Å². The van der Waals surface area contributed by atoms with Crippen LogP contribution in [-0.4, -0.2) is 102 Å². The molecule has 5 aromatic rings. The van der Waals surface area contributed by atoms with Crippen LogP contribution in [0.5, 0.6) is 0 Å². The van der Waals surface area contributed by atoms with Gasteiger partial charge in [0.25, 0.3) is 0 Å². The summed E-state index contributed by atoms with van der Waals surface area (Å²) in [6, 6.07) is 33.4. The topological polar surface area (TPSA) is 182 Å². The molecule has 0 aromatic heterocycles. The molecule has 18 rings (SSSR count). The number of allylic oxidation sites excluding steroid dienone is 1. The van der Waals surface area contributed by atoms with E-state index in [0.717, 1.165) is 159 Å². The molecule has 3 aliphatic heterocycles. The third-order valence-electron chi connectivity index (χ3n) is 28.4. The van der Waals surface area contributed by atoms with Crippen LogP contribution in [0, 0.1) is 37.7 Å². The summed E-state index contributed by atoms with van der Waals surface area (Å²) in [4.78, 5) is 15.4. The summed E-state index contributed by atoms with van der Waals surface area (Å²) in [5.41, 5.74) is 28.5. The van der Waals surface area contributed by atoms with E-state index in [2.05, 4.69) is 216 Å². The first kappa shape index (κ1) is 85.2. The SMILES string of the molecule is C.C=C1c2cc(Br)ccc2CC12CCC(OC)CC2.CCC1(SC#N)c2cc(Br)ccc2CC12CCC(OC)CC2.COC1CCC2(CC1)Cc1ccc(Br)cc1C21CSC(N)=N1.COC1CCC2(CC1)Cc1ccc(Br)cc1C21CSC(NC(C)(C)C)=N1.NC1=NC2(CS1)c1cc(Br)ccc1CC21CCC(O)CC1. The highest BCUT2D eigenvalue weighted by Crippen LogP contribution is 2.69. The highest BCUT2D eigenvalue weighted by atomic mass is 79.9. The predicted octanol–water partition coefficient (Wildman–Crippen LogP) is 22.9. The zero-order chi connectivity index (χ0) is 77.2. The van der Waals surface area contributed by atoms with Gasteiger partial charge in [-0.15, -0.1) is 0 Å². The van der Waals surface area contributed by atoms with Crippen molar-refractivity contribution in [3.8, 4) is 5.40 Å². The molecule has 12 nitrogen and oxygen atoms in total. The molecule has 4 atom stereocenters. The van der Waals surface area contributed by atoms with Gasteiger partial charge in [0.15, 0.2) is 15.5 Å². The monoisotopic (exact) mass is 1880 g/mol. The van der Waals surface area contributed by atoms with Gasteiger partial charge in [-0.25, -0.2) is 15.0 Å². The zero-order valence-electron chi connectivity index (χ0n) is 64.8. The normalized spacial score (nSPS) is 34.3. The number of methoxy groups -OCH3 is 4. The van der Waals surface area contributed by atoms with Gasteiger partial charge >= 0.3 is 0 Å². The molecule has 13 aliphatic rings. The third kappa shape index (κ3) is 15.7. The molecular weight excluding hydrogens is 1770 g/mol. The molecule has 10 aliphatic carbocycles. The van der Waals surface area contributed by atoms with Crippen LogP contribution in [0.25, 0.3) is 5.57 Å². The number of amidine groups is 3. The van der Waals surface area contributed by atoms with E-state index in [1.54, 1.807) is 23.5 Å². The standard InChI is InChI=1S/C21H29BrN2OS.C18H22BrNOS.C17H21BrN2OS.C16H19BrN2OS.C16H19BrO.CH4/c1-19(2,3)23-18-24-21(13-26-18)17-11-15(22)6-5-14(17)12-20(21)9-7-16(25-4)8-10-20;1-3-18(22-12-20)16-10-14(19)5-4-13(16)11-17(18)8-6-15(21-2)7-9-17;1-21-13-4-6-16(7-5-13)9-11-2-3-12(18)8-14(11)17(16)10-22-15(19)20-17;17-11-2-1-10-8-15(5-3-12(20)4-6-15)16(13(10)7-11)9-21-14(18)19-16;1-11-15-9-13(17)4-3-12(15)10-16(11)7-5-14(18-2)6-8-16;/h5-6,11,16H,7-10,12-13H2,1-4H3,(H,23,24);4-5,10,15H,3,6-9,11H2,1-2H3;2-3,8,13H,4-7,9-10H2,1H3,(H2,19,20);1-2,7,12,20H,3-6,8-9H2,(H2,18,19);3-4,9,14H,1,5-8,10H2,2H3;1H4. The number of ether oxygens (including phenoxy) is 4. The number of nitriles is 1. The Bertz CT molecular complexity index is 4350. The maximum atomic E-state index is 9.92. The van der Waals surface area contributed by atoms with E-state index in [-0.39, 0.29) is 62.1 Å². The van der Waals surface area contributed by atoms with Crippen molar-refractivity contribution in [2.24, 2.45) is 53.5 Å². The number of fused-ring (bicyclic) bond motifs is 11. The second kappa shape index (κ2) is 34.0. The van der Waals surface area contributed by atoms with Crippen molar-refractivity contribution >= 4 is 148 Å². The number of halogens is 5. The van der Waals surface area contributed by atoms with Crippen LogP contribution in [0.2, 0.25) is 0 Å². The second-order valence-electron chi connectivity index (χ2n) is 34.8. The van der Waals surface area contributed by atoms with Gasteiger partial charge in [0.2, 0.25) is 0 Å². The van der Waals surface area contributed by atoms with Crippen molar-refractivity contribution < 1.29 is 24.1 Å². The average molecular weight is 1890 g/mol. The van der Waals surface area contributed by atoms with Gasteiger partial charge in [0, 0.05) is 89.8 Å². The number of nitrogens with zero attached hydrogens (tertiary/aromatic N) is 4. The Morgan fingerprint density at radius 1 is 0.500 bits per heavy atom. The first-order chi connectivity index (χ1) is 52.1. The Hall–Kier alpha value is -2.66. The molecule has 0 bridgehead atoms. The number of rotatable bonds is 6. The quantitative estimate of drug-likeness (QED) is 0.118. The lowest BCUT2D eigenvalue weighted by Crippen LogP contribution is -2.46. The van der Waals surface area contributed by atoms with Crippen LogP contribution >= 0.6 is 127 Å². The number of aliphatic imine (C=N–C) groups is 3. The van der Waals surface area contributed by atoms with Crippen LogP contribution in [-0.2, 0) is 72.4 Å². The van der Waals surface area contributed by atoms with Gasteiger partial charge in [-0.3, -0.25) is 0 Å². The Labute approximate surface area is 715 Å². The summed E-state index contributed by atoms with van der Waals surface area (Å²) >= 11 is 24.9. The maximum Gasteiger partial charge on any atom is 0.157 e. The highest BCUT2D eigenvalue weighted by molar-refractivity contribution is 9.11. The number of hydrogen-bond acceptors (Lipinski definition) is 16. The molecule has 5 saturated carbocycles. The van der Waals surface area contributed by atoms with E-state index in [9.17, 15) is 10.4 Å². The van der Waals surface area contributed by atoms with E-state index >= 15 is 0 Å². The van der Waals surface area contributed by atoms with Crippen molar-refractivity contribution in [1.82, 2.24) is 5.32 Å². The van der Waals surface area contributed by atoms with Crippen LogP contribution in [0.4, 0.5) is 0 Å². The minimum Gasteiger partial charge on any atom is -0.393 e. The van der Waals surface area contributed by atoms with E-state index in [0.29, 0.717) is 35.0 Å². The average Bonchev–Trinajstić information content (AvgIpc) is 1.53. The number of nitrogens with one attached hydrogen (secondary N) is 1. The number of aliphatic hydroxyl groups is 1. The van der Waals surface area contributed by atoms with Gasteiger partial charge in [0.05, 0.1) is 35.3 Å². The number of aliphatic hydroxyl groups excluding tert-OH is 1. The smallest absolute Gasteiger partial charge is 0.157 e. The lowest BCUT2D eigenvalue weighted by Gasteiger charge is -2.48. The molecule has 21 heteroatoms. The molecule has 8 spiro atoms. The summed E-state index contributed by atoms with van der Waals surface area (Å²) in [6.07, 6.45) is 30.6. The Morgan fingerprint density at radius 3 is 1.21 bits per heavy atom. The fraction of sp³-hybridized carbons (Fsp3) is 0.596. The molecule has 110 heavy (non-hydrogen) atoms. The highest BCUT2D eigenvalue weighted by Gasteiger charge is 2.64. The fourth-order valence-electron chi connectivity index (χ4n) is 22.5. The van der Waals surface area contributed by atoms with Crippen LogP contribution in [0.15, 0.2) is 135 Å². The first-order valence-electron chi connectivity index (χ1n) is 39.6. The van der Waals surface area contributed by atoms with Crippen molar-refractivity contribution in [2.75, 3.05) is 45.7 Å². The fourth-order valence-corrected chi connectivity index (χ4v) is 29.1. The Balaban J connectivity index is 0.000000121. The summed E-state index contributed by atoms with van der Waals surface area (Å²) in [5.74, 6) is 2.98. The third-order valence-corrected chi connectivity index (χ3v) is 35.2. The molecule has 5 fully saturated rings. The van der Waals surface area contributed by atoms with E-state index in [1.807, 2.05) is 40.2 Å². The predicted molar refractivity (Wildman–Crippen MR) is 480 cm³/mol. The van der Waals surface area contributed by atoms with Gasteiger partial charge < -0.3 is 40.8 Å². The lowest BCUT2D eigenvalue weighted by atomic mass is 9.62. The van der Waals surface area contributed by atoms with Crippen molar-refractivity contribution in [2.45, 2.75) is 259 Å². The molecule has 6 N–H and O–H groups in total.